The van der Waals surface area contributed by atoms with Crippen LogP contribution < -0.4 is 16.4 Å². The van der Waals surface area contributed by atoms with E-state index in [0.29, 0.717) is 0 Å². The van der Waals surface area contributed by atoms with Crippen LogP contribution in [0.5, 0.6) is 0 Å². The van der Waals surface area contributed by atoms with Crippen molar-refractivity contribution in [2.24, 2.45) is 11.7 Å². The van der Waals surface area contributed by atoms with Crippen LogP contribution in [-0.2, 0) is 25.6 Å². The number of benzene rings is 1. The molecule has 3 atom stereocenters. The summed E-state index contributed by atoms with van der Waals surface area (Å²) in [5, 5.41) is 24.0. The molecular formula is C21H28N4O6. The molecule has 2 amide bonds. The summed E-state index contributed by atoms with van der Waals surface area (Å²) in [5.74, 6) is -4.16. The van der Waals surface area contributed by atoms with Crippen LogP contribution >= 0.6 is 0 Å². The summed E-state index contributed by atoms with van der Waals surface area (Å²) >= 11 is 0. The van der Waals surface area contributed by atoms with Gasteiger partial charge in [0, 0.05) is 17.1 Å². The highest BCUT2D eigenvalue weighted by Gasteiger charge is 2.30. The van der Waals surface area contributed by atoms with E-state index in [0.717, 1.165) is 16.5 Å². The van der Waals surface area contributed by atoms with Gasteiger partial charge in [0.1, 0.15) is 12.1 Å². The predicted molar refractivity (Wildman–Crippen MR) is 113 cm³/mol. The highest BCUT2D eigenvalue weighted by Crippen LogP contribution is 2.18. The van der Waals surface area contributed by atoms with Crippen molar-refractivity contribution < 1.29 is 29.4 Å². The zero-order valence-corrected chi connectivity index (χ0v) is 17.4. The third kappa shape index (κ3) is 6.82. The smallest absolute Gasteiger partial charge is 0.326 e. The Morgan fingerprint density at radius 3 is 2.29 bits per heavy atom. The topological polar surface area (TPSA) is 175 Å². The molecular weight excluding hydrogens is 404 g/mol. The van der Waals surface area contributed by atoms with Crippen molar-refractivity contribution in [3.05, 3.63) is 36.0 Å². The number of aromatic nitrogens is 1. The first-order valence-electron chi connectivity index (χ1n) is 9.94. The van der Waals surface area contributed by atoms with Gasteiger partial charge in [0.25, 0.3) is 0 Å². The molecule has 0 saturated heterocycles. The number of aliphatic carboxylic acids is 2. The van der Waals surface area contributed by atoms with Crippen LogP contribution in [0.25, 0.3) is 10.9 Å². The van der Waals surface area contributed by atoms with Gasteiger partial charge in [-0.3, -0.25) is 14.4 Å². The Morgan fingerprint density at radius 1 is 1.03 bits per heavy atom. The van der Waals surface area contributed by atoms with Crippen LogP contribution in [0.1, 0.15) is 32.3 Å². The molecule has 0 aliphatic rings. The molecule has 0 aliphatic heterocycles. The van der Waals surface area contributed by atoms with Gasteiger partial charge in [-0.05, 0) is 30.4 Å². The zero-order chi connectivity index (χ0) is 23.1. The lowest BCUT2D eigenvalue weighted by atomic mass is 10.0. The number of carboxylic acid groups (broad SMARTS) is 2. The van der Waals surface area contributed by atoms with Crippen molar-refractivity contribution in [3.63, 3.8) is 0 Å². The summed E-state index contributed by atoms with van der Waals surface area (Å²) in [6.07, 6.45) is 1.37. The van der Waals surface area contributed by atoms with E-state index in [2.05, 4.69) is 15.6 Å². The average molecular weight is 432 g/mol. The van der Waals surface area contributed by atoms with E-state index >= 15 is 0 Å². The second-order valence-electron chi connectivity index (χ2n) is 7.86. The molecule has 1 aromatic heterocycles. The normalized spacial score (nSPS) is 14.1. The molecule has 10 nitrogen and oxygen atoms in total. The molecule has 168 valence electrons. The van der Waals surface area contributed by atoms with Gasteiger partial charge in [0.2, 0.25) is 11.8 Å². The Balaban J connectivity index is 2.07. The number of hydrogen-bond donors (Lipinski definition) is 6. The third-order valence-corrected chi connectivity index (χ3v) is 4.78. The van der Waals surface area contributed by atoms with Crippen molar-refractivity contribution in [1.82, 2.24) is 15.6 Å². The van der Waals surface area contributed by atoms with Crippen LogP contribution in [-0.4, -0.2) is 57.1 Å². The van der Waals surface area contributed by atoms with Crippen molar-refractivity contribution in [3.8, 4) is 0 Å². The summed E-state index contributed by atoms with van der Waals surface area (Å²) in [6.45, 7) is 3.59. The number of rotatable bonds is 11. The summed E-state index contributed by atoms with van der Waals surface area (Å²) in [7, 11) is 0. The van der Waals surface area contributed by atoms with E-state index in [4.69, 9.17) is 10.8 Å². The van der Waals surface area contributed by atoms with Crippen molar-refractivity contribution in [2.75, 3.05) is 0 Å². The van der Waals surface area contributed by atoms with Crippen molar-refractivity contribution in [2.45, 2.75) is 51.2 Å². The summed E-state index contributed by atoms with van der Waals surface area (Å²) in [4.78, 5) is 50.7. The minimum Gasteiger partial charge on any atom is -0.481 e. The first-order chi connectivity index (χ1) is 14.6. The summed E-state index contributed by atoms with van der Waals surface area (Å²) in [6, 6.07) is 3.81. The number of aromatic amines is 1. The van der Waals surface area contributed by atoms with Crippen LogP contribution in [0.15, 0.2) is 30.5 Å². The standard InChI is InChI=1S/C21H28N4O6/c1-11(2)7-17(21(30)31)25-20(29)16(9-18(26)27)24-19(28)14(22)8-12-10-23-15-6-4-3-5-13(12)15/h3-6,10-11,14,16-17,23H,7-9,22H2,1-2H3,(H,24,28)(H,25,29)(H,26,27)(H,30,31). The second kappa shape index (κ2) is 10.6. The molecule has 10 heteroatoms. The Labute approximate surface area is 179 Å². The van der Waals surface area contributed by atoms with E-state index in [-0.39, 0.29) is 18.8 Å². The molecule has 0 radical (unpaired) electrons. The number of nitrogens with one attached hydrogen (secondary N) is 3. The number of amides is 2. The molecule has 0 fully saturated rings. The van der Waals surface area contributed by atoms with Gasteiger partial charge in [0.15, 0.2) is 0 Å². The number of para-hydroxylation sites is 1. The van der Waals surface area contributed by atoms with E-state index < -0.39 is 48.3 Å². The van der Waals surface area contributed by atoms with Gasteiger partial charge in [-0.1, -0.05) is 32.0 Å². The molecule has 3 unspecified atom stereocenters. The van der Waals surface area contributed by atoms with Gasteiger partial charge >= 0.3 is 11.9 Å². The highest BCUT2D eigenvalue weighted by atomic mass is 16.4. The van der Waals surface area contributed by atoms with Gasteiger partial charge in [-0.2, -0.15) is 0 Å². The van der Waals surface area contributed by atoms with Crippen LogP contribution in [0.3, 0.4) is 0 Å². The third-order valence-electron chi connectivity index (χ3n) is 4.78. The van der Waals surface area contributed by atoms with Gasteiger partial charge in [-0.15, -0.1) is 0 Å². The summed E-state index contributed by atoms with van der Waals surface area (Å²) < 4.78 is 0. The first-order valence-corrected chi connectivity index (χ1v) is 9.94. The molecule has 0 bridgehead atoms. The van der Waals surface area contributed by atoms with Crippen molar-refractivity contribution >= 4 is 34.7 Å². The molecule has 0 aliphatic carbocycles. The number of fused-ring (bicyclic) bond motifs is 1. The molecule has 2 aromatic rings. The number of carbonyl (C=O) groups is 4. The molecule has 7 N–H and O–H groups in total. The SMILES string of the molecule is CC(C)CC(NC(=O)C(CC(=O)O)NC(=O)C(N)Cc1c[nH]c2ccccc12)C(=O)O. The number of nitrogens with two attached hydrogens (primary N) is 1. The minimum atomic E-state index is -1.45. The highest BCUT2D eigenvalue weighted by molar-refractivity contribution is 5.94. The van der Waals surface area contributed by atoms with Crippen LogP contribution in [0.2, 0.25) is 0 Å². The van der Waals surface area contributed by atoms with Gasteiger partial charge < -0.3 is 31.6 Å². The fourth-order valence-corrected chi connectivity index (χ4v) is 3.26. The fraction of sp³-hybridized carbons (Fsp3) is 0.429. The molecule has 1 aromatic carbocycles. The quantitative estimate of drug-likeness (QED) is 0.301. The summed E-state index contributed by atoms with van der Waals surface area (Å²) in [5.41, 5.74) is 7.69. The van der Waals surface area contributed by atoms with Crippen LogP contribution in [0, 0.1) is 5.92 Å². The predicted octanol–water partition coefficient (Wildman–Crippen LogP) is 0.613. The minimum absolute atomic E-state index is 0.0153. The Bertz CT molecular complexity index is 954. The van der Waals surface area contributed by atoms with Crippen molar-refractivity contribution in [1.29, 1.82) is 0 Å². The maximum atomic E-state index is 12.6. The fourth-order valence-electron chi connectivity index (χ4n) is 3.26. The Hall–Kier alpha value is -3.40. The lowest BCUT2D eigenvalue weighted by molar-refractivity contribution is -0.143. The maximum absolute atomic E-state index is 12.6. The monoisotopic (exact) mass is 432 g/mol. The molecule has 2 rings (SSSR count). The maximum Gasteiger partial charge on any atom is 0.326 e. The van der Waals surface area contributed by atoms with Gasteiger partial charge in [-0.25, -0.2) is 4.79 Å². The molecule has 1 heterocycles. The molecule has 31 heavy (non-hydrogen) atoms. The van der Waals surface area contributed by atoms with E-state index in [9.17, 15) is 24.3 Å². The molecule has 0 spiro atoms. The number of carboxylic acids is 2. The molecule has 0 saturated carbocycles. The van der Waals surface area contributed by atoms with Crippen LogP contribution in [0.4, 0.5) is 0 Å². The lowest BCUT2D eigenvalue weighted by Gasteiger charge is -2.22. The van der Waals surface area contributed by atoms with E-state index in [1.807, 2.05) is 24.3 Å². The first kappa shape index (κ1) is 23.9. The average Bonchev–Trinajstić information content (AvgIpc) is 3.09. The number of H-pyrrole nitrogens is 1. The zero-order valence-electron chi connectivity index (χ0n) is 17.4. The number of carbonyl (C=O) groups excluding carboxylic acids is 2. The Kier molecular flexibility index (Phi) is 8.14. The lowest BCUT2D eigenvalue weighted by Crippen LogP contribution is -2.55. The van der Waals surface area contributed by atoms with E-state index in [1.54, 1.807) is 20.0 Å². The largest absolute Gasteiger partial charge is 0.481 e. The Morgan fingerprint density at radius 2 is 1.68 bits per heavy atom. The number of hydrogen-bond acceptors (Lipinski definition) is 5. The van der Waals surface area contributed by atoms with E-state index in [1.165, 1.54) is 0 Å². The van der Waals surface area contributed by atoms with Gasteiger partial charge in [0.05, 0.1) is 12.5 Å². The second-order valence-corrected chi connectivity index (χ2v) is 7.86.